The molecular weight excluding hydrogens is 488 g/mol. The summed E-state index contributed by atoms with van der Waals surface area (Å²) in [6, 6.07) is 22.8. The van der Waals surface area contributed by atoms with E-state index >= 15 is 0 Å². The van der Waals surface area contributed by atoms with E-state index in [-0.39, 0.29) is 5.91 Å². The van der Waals surface area contributed by atoms with Crippen LogP contribution in [0.4, 0.5) is 5.95 Å². The fourth-order valence-electron chi connectivity index (χ4n) is 4.82. The minimum absolute atomic E-state index is 0.0106. The fourth-order valence-corrected chi connectivity index (χ4v) is 4.95. The first-order valence-corrected chi connectivity index (χ1v) is 12.6. The third-order valence-corrected chi connectivity index (χ3v) is 6.97. The molecule has 0 saturated carbocycles. The first-order chi connectivity index (χ1) is 18.1. The highest BCUT2D eigenvalue weighted by molar-refractivity contribution is 6.30. The first kappa shape index (κ1) is 23.2. The third-order valence-electron chi connectivity index (χ3n) is 6.71. The highest BCUT2D eigenvalue weighted by Crippen LogP contribution is 2.30. The SMILES string of the molecule is COc1cccc(-c2nnc3c4ccccc4nc(N4CCCN(C(=O)c5ccc(Cl)cc5)CC4)n23)c1. The predicted octanol–water partition coefficient (Wildman–Crippen LogP) is 4.96. The fraction of sp³-hybridized carbons (Fsp3) is 0.214. The molecule has 0 radical (unpaired) electrons. The average molecular weight is 513 g/mol. The van der Waals surface area contributed by atoms with Crippen LogP contribution in [0.25, 0.3) is 27.9 Å². The molecule has 0 spiro atoms. The van der Waals surface area contributed by atoms with Gasteiger partial charge in [0.2, 0.25) is 5.95 Å². The summed E-state index contributed by atoms with van der Waals surface area (Å²) < 4.78 is 7.47. The van der Waals surface area contributed by atoms with Gasteiger partial charge in [-0.1, -0.05) is 35.9 Å². The highest BCUT2D eigenvalue weighted by Gasteiger charge is 2.25. The maximum atomic E-state index is 13.2. The molecule has 6 rings (SSSR count). The third kappa shape index (κ3) is 4.34. The Balaban J connectivity index is 1.40. The first-order valence-electron chi connectivity index (χ1n) is 12.2. The van der Waals surface area contributed by atoms with E-state index in [9.17, 15) is 4.79 Å². The van der Waals surface area contributed by atoms with E-state index in [1.807, 2.05) is 57.8 Å². The summed E-state index contributed by atoms with van der Waals surface area (Å²) in [5.74, 6) is 2.21. The Kier molecular flexibility index (Phi) is 6.10. The van der Waals surface area contributed by atoms with Gasteiger partial charge in [-0.3, -0.25) is 4.79 Å². The van der Waals surface area contributed by atoms with Gasteiger partial charge in [0.1, 0.15) is 5.75 Å². The molecule has 1 saturated heterocycles. The molecule has 0 bridgehead atoms. The summed E-state index contributed by atoms with van der Waals surface area (Å²) in [5, 5.41) is 10.7. The van der Waals surface area contributed by atoms with Crippen molar-refractivity contribution in [1.29, 1.82) is 0 Å². The molecule has 0 unspecified atom stereocenters. The molecule has 1 amide bonds. The summed E-state index contributed by atoms with van der Waals surface area (Å²) in [5.41, 5.74) is 3.13. The number of amides is 1. The molecule has 0 N–H and O–H groups in total. The number of carbonyl (C=O) groups excluding carboxylic acids is 1. The van der Waals surface area contributed by atoms with Crippen LogP contribution in [0.3, 0.4) is 0 Å². The van der Waals surface area contributed by atoms with Gasteiger partial charge in [-0.2, -0.15) is 0 Å². The van der Waals surface area contributed by atoms with Crippen molar-refractivity contribution in [1.82, 2.24) is 24.5 Å². The van der Waals surface area contributed by atoms with E-state index in [0.717, 1.165) is 46.8 Å². The number of halogens is 1. The second-order valence-corrected chi connectivity index (χ2v) is 9.42. The summed E-state index contributed by atoms with van der Waals surface area (Å²) in [6.07, 6.45) is 0.811. The van der Waals surface area contributed by atoms with E-state index in [4.69, 9.17) is 21.3 Å². The summed E-state index contributed by atoms with van der Waals surface area (Å²) in [6.45, 7) is 2.63. The standard InChI is InChI=1S/C28H25ClN6O2/c1-37-22-7-4-6-20(18-22)25-31-32-26-23-8-2-3-9-24(23)30-28(35(25)26)34-15-5-14-33(16-17-34)27(36)19-10-12-21(29)13-11-19/h2-4,6-13,18H,5,14-17H2,1H3. The minimum atomic E-state index is 0.0106. The van der Waals surface area contributed by atoms with Crippen LogP contribution >= 0.6 is 11.6 Å². The number of anilines is 1. The van der Waals surface area contributed by atoms with Crippen LogP contribution < -0.4 is 9.64 Å². The molecule has 37 heavy (non-hydrogen) atoms. The van der Waals surface area contributed by atoms with Crippen molar-refractivity contribution < 1.29 is 9.53 Å². The van der Waals surface area contributed by atoms with Crippen LogP contribution in [0.2, 0.25) is 5.02 Å². The lowest BCUT2D eigenvalue weighted by atomic mass is 10.2. The molecule has 1 aliphatic rings. The van der Waals surface area contributed by atoms with Crippen molar-refractivity contribution in [3.05, 3.63) is 83.4 Å². The van der Waals surface area contributed by atoms with E-state index in [2.05, 4.69) is 15.1 Å². The molecule has 0 aliphatic carbocycles. The molecular formula is C28H25ClN6O2. The topological polar surface area (TPSA) is 75.9 Å². The lowest BCUT2D eigenvalue weighted by Crippen LogP contribution is -2.36. The van der Waals surface area contributed by atoms with Gasteiger partial charge in [0.15, 0.2) is 11.5 Å². The zero-order valence-electron chi connectivity index (χ0n) is 20.3. The molecule has 1 aliphatic heterocycles. The average Bonchev–Trinajstić information content (AvgIpc) is 3.24. The number of para-hydroxylation sites is 1. The lowest BCUT2D eigenvalue weighted by molar-refractivity contribution is 0.0767. The van der Waals surface area contributed by atoms with Crippen LogP contribution in [0.15, 0.2) is 72.8 Å². The van der Waals surface area contributed by atoms with Gasteiger partial charge in [0, 0.05) is 47.7 Å². The predicted molar refractivity (Wildman–Crippen MR) is 144 cm³/mol. The largest absolute Gasteiger partial charge is 0.497 e. The van der Waals surface area contributed by atoms with E-state index < -0.39 is 0 Å². The molecule has 8 nitrogen and oxygen atoms in total. The smallest absolute Gasteiger partial charge is 0.253 e. The van der Waals surface area contributed by atoms with Gasteiger partial charge in [0.25, 0.3) is 5.91 Å². The van der Waals surface area contributed by atoms with Gasteiger partial charge < -0.3 is 14.5 Å². The molecule has 0 atom stereocenters. The van der Waals surface area contributed by atoms with Crippen molar-refractivity contribution in [2.75, 3.05) is 38.2 Å². The number of hydrogen-bond acceptors (Lipinski definition) is 6. The van der Waals surface area contributed by atoms with E-state index in [0.29, 0.717) is 36.0 Å². The molecule has 3 heterocycles. The van der Waals surface area contributed by atoms with Gasteiger partial charge in [-0.25, -0.2) is 9.38 Å². The Morgan fingerprint density at radius 3 is 2.59 bits per heavy atom. The van der Waals surface area contributed by atoms with Gasteiger partial charge in [-0.05, 0) is 55.0 Å². The lowest BCUT2D eigenvalue weighted by Gasteiger charge is -2.24. The second kappa shape index (κ2) is 9.71. The normalized spacial score (nSPS) is 14.2. The summed E-state index contributed by atoms with van der Waals surface area (Å²) in [4.78, 5) is 22.4. The number of hydrogen-bond donors (Lipinski definition) is 0. The molecule has 3 aromatic carbocycles. The Morgan fingerprint density at radius 1 is 0.919 bits per heavy atom. The van der Waals surface area contributed by atoms with Crippen LogP contribution in [0, 0.1) is 0 Å². The maximum Gasteiger partial charge on any atom is 0.253 e. The molecule has 9 heteroatoms. The number of nitrogens with zero attached hydrogens (tertiary/aromatic N) is 6. The zero-order valence-corrected chi connectivity index (χ0v) is 21.1. The van der Waals surface area contributed by atoms with Crippen molar-refractivity contribution in [3.8, 4) is 17.1 Å². The number of ether oxygens (including phenoxy) is 1. The molecule has 2 aromatic heterocycles. The highest BCUT2D eigenvalue weighted by atomic mass is 35.5. The quantitative estimate of drug-likeness (QED) is 0.339. The van der Waals surface area contributed by atoms with Crippen LogP contribution in [0.5, 0.6) is 5.75 Å². The number of rotatable bonds is 4. The van der Waals surface area contributed by atoms with Crippen LogP contribution in [-0.4, -0.2) is 63.7 Å². The number of methoxy groups -OCH3 is 1. The number of carbonyl (C=O) groups is 1. The van der Waals surface area contributed by atoms with Crippen LogP contribution in [-0.2, 0) is 0 Å². The van der Waals surface area contributed by atoms with Gasteiger partial charge >= 0.3 is 0 Å². The van der Waals surface area contributed by atoms with E-state index in [1.54, 1.807) is 31.4 Å². The van der Waals surface area contributed by atoms with Crippen molar-refractivity contribution in [2.24, 2.45) is 0 Å². The van der Waals surface area contributed by atoms with Crippen molar-refractivity contribution in [2.45, 2.75) is 6.42 Å². The summed E-state index contributed by atoms with van der Waals surface area (Å²) >= 11 is 6.01. The zero-order chi connectivity index (χ0) is 25.4. The Morgan fingerprint density at radius 2 is 1.76 bits per heavy atom. The maximum absolute atomic E-state index is 13.2. The van der Waals surface area contributed by atoms with Crippen molar-refractivity contribution >= 4 is 40.0 Å². The monoisotopic (exact) mass is 512 g/mol. The molecule has 5 aromatic rings. The van der Waals surface area contributed by atoms with Gasteiger partial charge in [0.05, 0.1) is 12.6 Å². The Hall–Kier alpha value is -4.17. The Labute approximate surface area is 219 Å². The Bertz CT molecular complexity index is 1600. The van der Waals surface area contributed by atoms with E-state index in [1.165, 1.54) is 0 Å². The summed E-state index contributed by atoms with van der Waals surface area (Å²) in [7, 11) is 1.65. The minimum Gasteiger partial charge on any atom is -0.497 e. The van der Waals surface area contributed by atoms with Crippen molar-refractivity contribution in [3.63, 3.8) is 0 Å². The van der Waals surface area contributed by atoms with Crippen LogP contribution in [0.1, 0.15) is 16.8 Å². The molecule has 1 fully saturated rings. The number of benzene rings is 3. The number of fused-ring (bicyclic) bond motifs is 3. The second-order valence-electron chi connectivity index (χ2n) is 8.98. The number of aromatic nitrogens is 4. The van der Waals surface area contributed by atoms with Gasteiger partial charge in [-0.15, -0.1) is 10.2 Å². The molecule has 186 valence electrons.